The lowest BCUT2D eigenvalue weighted by Gasteiger charge is -2.12. The first-order chi connectivity index (χ1) is 11.9. The van der Waals surface area contributed by atoms with Crippen molar-refractivity contribution in [2.75, 3.05) is 6.61 Å². The van der Waals surface area contributed by atoms with Crippen LogP contribution in [0.3, 0.4) is 0 Å². The van der Waals surface area contributed by atoms with Crippen LogP contribution in [0.15, 0.2) is 42.5 Å². The summed E-state index contributed by atoms with van der Waals surface area (Å²) in [6, 6.07) is 11.3. The van der Waals surface area contributed by atoms with Gasteiger partial charge in [-0.1, -0.05) is 30.3 Å². The first-order valence-corrected chi connectivity index (χ1v) is 7.50. The Morgan fingerprint density at radius 2 is 1.52 bits per heavy atom. The number of aromatic carboxylic acids is 1. The molecule has 0 heterocycles. The summed E-state index contributed by atoms with van der Waals surface area (Å²) in [6.07, 6.45) is 0. The highest BCUT2D eigenvalue weighted by Crippen LogP contribution is 2.21. The Kier molecular flexibility index (Phi) is 5.73. The van der Waals surface area contributed by atoms with E-state index in [0.717, 1.165) is 11.1 Å². The molecule has 0 aromatic heterocycles. The molecule has 0 atom stereocenters. The highest BCUT2D eigenvalue weighted by Gasteiger charge is 2.16. The van der Waals surface area contributed by atoms with Crippen LogP contribution in [0.5, 0.6) is 5.75 Å². The molecule has 130 valence electrons. The Labute approximate surface area is 144 Å². The van der Waals surface area contributed by atoms with Crippen molar-refractivity contribution in [3.8, 4) is 5.75 Å². The van der Waals surface area contributed by atoms with Gasteiger partial charge in [-0.05, 0) is 37.1 Å². The Balaban J connectivity index is 1.92. The molecule has 25 heavy (non-hydrogen) atoms. The number of nitrogens with one attached hydrogen (secondary N) is 2. The molecule has 0 saturated carbocycles. The molecule has 7 nitrogen and oxygen atoms in total. The summed E-state index contributed by atoms with van der Waals surface area (Å²) in [5, 5.41) is 9.07. The van der Waals surface area contributed by atoms with Gasteiger partial charge in [-0.3, -0.25) is 20.4 Å². The summed E-state index contributed by atoms with van der Waals surface area (Å²) >= 11 is 0. The lowest BCUT2D eigenvalue weighted by atomic mass is 10.1. The van der Waals surface area contributed by atoms with Gasteiger partial charge in [0.1, 0.15) is 5.75 Å². The van der Waals surface area contributed by atoms with Gasteiger partial charge in [-0.15, -0.1) is 0 Å². The molecular weight excluding hydrogens is 324 g/mol. The van der Waals surface area contributed by atoms with E-state index in [-0.39, 0.29) is 17.7 Å². The Morgan fingerprint density at radius 1 is 0.920 bits per heavy atom. The van der Waals surface area contributed by atoms with Crippen LogP contribution in [-0.2, 0) is 4.79 Å². The maximum atomic E-state index is 12.0. The zero-order valence-electron chi connectivity index (χ0n) is 13.8. The second-order valence-corrected chi connectivity index (χ2v) is 5.36. The highest BCUT2D eigenvalue weighted by atomic mass is 16.5. The van der Waals surface area contributed by atoms with Crippen molar-refractivity contribution in [3.05, 3.63) is 64.7 Å². The highest BCUT2D eigenvalue weighted by molar-refractivity contribution is 6.05. The van der Waals surface area contributed by atoms with Crippen LogP contribution < -0.4 is 15.6 Å². The molecule has 0 aliphatic heterocycles. The van der Waals surface area contributed by atoms with Crippen LogP contribution in [0.4, 0.5) is 0 Å². The molecule has 2 amide bonds. The second-order valence-electron chi connectivity index (χ2n) is 5.36. The maximum absolute atomic E-state index is 12.0. The van der Waals surface area contributed by atoms with Gasteiger partial charge in [0, 0.05) is 0 Å². The molecule has 3 N–H and O–H groups in total. The minimum atomic E-state index is -1.23. The van der Waals surface area contributed by atoms with Crippen molar-refractivity contribution in [3.63, 3.8) is 0 Å². The average Bonchev–Trinajstić information content (AvgIpc) is 2.59. The topological polar surface area (TPSA) is 105 Å². The summed E-state index contributed by atoms with van der Waals surface area (Å²) in [5.74, 6) is -1.90. The first kappa shape index (κ1) is 18.0. The van der Waals surface area contributed by atoms with Crippen molar-refractivity contribution < 1.29 is 24.2 Å². The molecule has 0 fully saturated rings. The van der Waals surface area contributed by atoms with E-state index in [1.165, 1.54) is 24.3 Å². The molecule has 0 bridgehead atoms. The van der Waals surface area contributed by atoms with Crippen LogP contribution in [0, 0.1) is 13.8 Å². The van der Waals surface area contributed by atoms with Crippen LogP contribution >= 0.6 is 0 Å². The van der Waals surface area contributed by atoms with E-state index in [1.54, 1.807) is 0 Å². The number of hydrogen-bond donors (Lipinski definition) is 3. The monoisotopic (exact) mass is 342 g/mol. The van der Waals surface area contributed by atoms with E-state index in [4.69, 9.17) is 9.84 Å². The number of amides is 2. The molecule has 7 heteroatoms. The zero-order chi connectivity index (χ0) is 18.4. The van der Waals surface area contributed by atoms with E-state index in [9.17, 15) is 14.4 Å². The van der Waals surface area contributed by atoms with Crippen molar-refractivity contribution in [2.24, 2.45) is 0 Å². The smallest absolute Gasteiger partial charge is 0.336 e. The van der Waals surface area contributed by atoms with E-state index in [1.807, 2.05) is 32.0 Å². The number of ether oxygens (including phenoxy) is 1. The van der Waals surface area contributed by atoms with Crippen LogP contribution in [0.25, 0.3) is 0 Å². The van der Waals surface area contributed by atoms with Gasteiger partial charge in [-0.25, -0.2) is 4.79 Å². The molecule has 0 spiro atoms. The Bertz CT molecular complexity index is 797. The van der Waals surface area contributed by atoms with Crippen molar-refractivity contribution >= 4 is 17.8 Å². The van der Waals surface area contributed by atoms with E-state index >= 15 is 0 Å². The Hall–Kier alpha value is -3.35. The van der Waals surface area contributed by atoms with Crippen molar-refractivity contribution in [1.29, 1.82) is 0 Å². The summed E-state index contributed by atoms with van der Waals surface area (Å²) in [4.78, 5) is 35.0. The normalized spacial score (nSPS) is 10.0. The SMILES string of the molecule is Cc1cccc(C)c1OCC(=O)NNC(=O)c1ccccc1C(=O)O. The molecule has 0 radical (unpaired) electrons. The second kappa shape index (κ2) is 7.96. The number of carbonyl (C=O) groups excluding carboxylic acids is 2. The number of rotatable bonds is 5. The van der Waals surface area contributed by atoms with Crippen LogP contribution in [0.2, 0.25) is 0 Å². The van der Waals surface area contributed by atoms with E-state index < -0.39 is 17.8 Å². The quantitative estimate of drug-likeness (QED) is 0.719. The molecule has 2 rings (SSSR count). The van der Waals surface area contributed by atoms with Gasteiger partial charge < -0.3 is 9.84 Å². The number of carboxylic acid groups (broad SMARTS) is 1. The van der Waals surface area contributed by atoms with Crippen LogP contribution in [0.1, 0.15) is 31.8 Å². The molecule has 0 unspecified atom stereocenters. The number of carbonyl (C=O) groups is 3. The van der Waals surface area contributed by atoms with E-state index in [2.05, 4.69) is 10.9 Å². The van der Waals surface area contributed by atoms with Gasteiger partial charge in [0.15, 0.2) is 6.61 Å². The summed E-state index contributed by atoms with van der Waals surface area (Å²) in [7, 11) is 0. The molecule has 0 aliphatic rings. The molecule has 2 aromatic rings. The van der Waals surface area contributed by atoms with E-state index in [0.29, 0.717) is 5.75 Å². The molecule has 0 saturated heterocycles. The third-order valence-electron chi connectivity index (χ3n) is 3.47. The third kappa shape index (κ3) is 4.57. The lowest BCUT2D eigenvalue weighted by molar-refractivity contribution is -0.123. The fourth-order valence-electron chi connectivity index (χ4n) is 2.26. The third-order valence-corrected chi connectivity index (χ3v) is 3.47. The number of hydrogen-bond acceptors (Lipinski definition) is 4. The van der Waals surface area contributed by atoms with Gasteiger partial charge >= 0.3 is 5.97 Å². The minimum Gasteiger partial charge on any atom is -0.483 e. The summed E-state index contributed by atoms with van der Waals surface area (Å²) in [5.41, 5.74) is 5.97. The minimum absolute atomic E-state index is 0.0500. The summed E-state index contributed by atoms with van der Waals surface area (Å²) in [6.45, 7) is 3.45. The number of hydrazine groups is 1. The predicted molar refractivity (Wildman–Crippen MR) is 90.4 cm³/mol. The molecule has 2 aromatic carbocycles. The molecular formula is C18H18N2O5. The summed E-state index contributed by atoms with van der Waals surface area (Å²) < 4.78 is 5.47. The van der Waals surface area contributed by atoms with Crippen molar-refractivity contribution in [1.82, 2.24) is 10.9 Å². The predicted octanol–water partition coefficient (Wildman–Crippen LogP) is 1.84. The zero-order valence-corrected chi connectivity index (χ0v) is 13.8. The number of carboxylic acids is 1. The van der Waals surface area contributed by atoms with Crippen molar-refractivity contribution in [2.45, 2.75) is 13.8 Å². The van der Waals surface area contributed by atoms with Gasteiger partial charge in [0.05, 0.1) is 11.1 Å². The van der Waals surface area contributed by atoms with Gasteiger partial charge in [0.25, 0.3) is 11.8 Å². The van der Waals surface area contributed by atoms with Gasteiger partial charge in [0.2, 0.25) is 0 Å². The Morgan fingerprint density at radius 3 is 2.12 bits per heavy atom. The number of benzene rings is 2. The van der Waals surface area contributed by atoms with Gasteiger partial charge in [-0.2, -0.15) is 0 Å². The number of para-hydroxylation sites is 1. The fraction of sp³-hybridized carbons (Fsp3) is 0.167. The largest absolute Gasteiger partial charge is 0.483 e. The first-order valence-electron chi connectivity index (χ1n) is 7.50. The average molecular weight is 342 g/mol. The standard InChI is InChI=1S/C18H18N2O5/c1-11-6-5-7-12(2)16(11)25-10-15(21)19-20-17(22)13-8-3-4-9-14(13)18(23)24/h3-9H,10H2,1-2H3,(H,19,21)(H,20,22)(H,23,24). The van der Waals surface area contributed by atoms with Crippen LogP contribution in [-0.4, -0.2) is 29.5 Å². The fourth-order valence-corrected chi connectivity index (χ4v) is 2.26. The number of aryl methyl sites for hydroxylation is 2. The maximum Gasteiger partial charge on any atom is 0.336 e. The lowest BCUT2D eigenvalue weighted by Crippen LogP contribution is -2.44. The molecule has 0 aliphatic carbocycles.